The molecule has 0 bridgehead atoms. The van der Waals surface area contributed by atoms with Gasteiger partial charge in [0, 0.05) is 26.7 Å². The predicted octanol–water partition coefficient (Wildman–Crippen LogP) is 1.11. The molecule has 0 aromatic heterocycles. The fourth-order valence-electron chi connectivity index (χ4n) is 3.36. The molecule has 2 aliphatic heterocycles. The van der Waals surface area contributed by atoms with E-state index in [-0.39, 0.29) is 24.3 Å². The second-order valence-corrected chi connectivity index (χ2v) is 6.26. The Hall–Kier alpha value is -2.34. The highest BCUT2D eigenvalue weighted by atomic mass is 16.5. The van der Waals surface area contributed by atoms with E-state index in [0.717, 1.165) is 24.3 Å². The number of carbonyl (C=O) groups is 2. The van der Waals surface area contributed by atoms with Crippen molar-refractivity contribution in [2.24, 2.45) is 5.92 Å². The number of likely N-dealkylation sites (tertiary alicyclic amines) is 1. The molecule has 0 aliphatic carbocycles. The molecule has 6 heteroatoms. The van der Waals surface area contributed by atoms with Crippen LogP contribution in [0.25, 0.3) is 5.57 Å². The van der Waals surface area contributed by atoms with E-state index >= 15 is 0 Å². The first-order valence-corrected chi connectivity index (χ1v) is 8.13. The van der Waals surface area contributed by atoms with Gasteiger partial charge in [0.15, 0.2) is 0 Å². The van der Waals surface area contributed by atoms with Gasteiger partial charge in [-0.3, -0.25) is 14.5 Å². The lowest BCUT2D eigenvalue weighted by molar-refractivity contribution is -0.136. The minimum absolute atomic E-state index is 0.0969. The summed E-state index contributed by atoms with van der Waals surface area (Å²) in [6, 6.07) is 7.16. The van der Waals surface area contributed by atoms with Crippen LogP contribution in [0.15, 0.2) is 30.0 Å². The molecule has 1 aromatic rings. The van der Waals surface area contributed by atoms with E-state index in [4.69, 9.17) is 4.74 Å². The van der Waals surface area contributed by atoms with Gasteiger partial charge in [-0.15, -0.1) is 0 Å². The molecular formula is C18H22N2O4. The van der Waals surface area contributed by atoms with Crippen molar-refractivity contribution in [3.8, 4) is 5.75 Å². The van der Waals surface area contributed by atoms with Gasteiger partial charge in [-0.1, -0.05) is 12.1 Å². The van der Waals surface area contributed by atoms with Crippen molar-refractivity contribution in [2.45, 2.75) is 12.8 Å². The first kappa shape index (κ1) is 16.5. The lowest BCUT2D eigenvalue weighted by Gasteiger charge is -2.34. The molecule has 3 rings (SSSR count). The van der Waals surface area contributed by atoms with Crippen LogP contribution < -0.4 is 4.74 Å². The highest BCUT2D eigenvalue weighted by molar-refractivity contribution is 6.35. The Morgan fingerprint density at radius 3 is 2.54 bits per heavy atom. The normalized spacial score (nSPS) is 21.7. The molecule has 0 spiro atoms. The number of ether oxygens (including phenoxy) is 1. The molecule has 24 heavy (non-hydrogen) atoms. The topological polar surface area (TPSA) is 70.1 Å². The number of amides is 2. The summed E-state index contributed by atoms with van der Waals surface area (Å²) in [5, 5.41) is 9.44. The first-order chi connectivity index (χ1) is 11.6. The van der Waals surface area contributed by atoms with E-state index in [2.05, 4.69) is 0 Å². The maximum absolute atomic E-state index is 12.6. The average Bonchev–Trinajstić information content (AvgIpc) is 2.86. The number of benzene rings is 1. The molecule has 1 unspecified atom stereocenters. The van der Waals surface area contributed by atoms with Gasteiger partial charge in [-0.05, 0) is 36.5 Å². The molecule has 128 valence electrons. The molecule has 0 saturated carbocycles. The van der Waals surface area contributed by atoms with Crippen LogP contribution in [0.2, 0.25) is 0 Å². The molecule has 1 saturated heterocycles. The monoisotopic (exact) mass is 330 g/mol. The molecule has 1 aromatic carbocycles. The number of nitrogens with zero attached hydrogens (tertiary/aromatic N) is 2. The summed E-state index contributed by atoms with van der Waals surface area (Å²) in [6.45, 7) is 1.41. The molecular weight excluding hydrogens is 308 g/mol. The summed E-state index contributed by atoms with van der Waals surface area (Å²) in [6.07, 6.45) is 1.84. The Bertz CT molecular complexity index is 681. The Morgan fingerprint density at radius 1 is 1.21 bits per heavy atom. The second-order valence-electron chi connectivity index (χ2n) is 6.26. The standard InChI is InChI=1S/C18H22N2O4/c1-19-17(22)15(13-5-7-14(24-2)8-6-13)16(18(19)23)20-9-3-4-12(10-20)11-21/h5-8,12,21H,3-4,9-11H2,1-2H3. The number of methoxy groups -OCH3 is 1. The van der Waals surface area contributed by atoms with Crippen LogP contribution in [-0.4, -0.2) is 60.6 Å². The highest BCUT2D eigenvalue weighted by Crippen LogP contribution is 2.33. The summed E-state index contributed by atoms with van der Waals surface area (Å²) in [5.74, 6) is 0.275. The first-order valence-electron chi connectivity index (χ1n) is 8.13. The van der Waals surface area contributed by atoms with Crippen LogP contribution in [0.3, 0.4) is 0 Å². The van der Waals surface area contributed by atoms with E-state index in [1.54, 1.807) is 31.4 Å². The van der Waals surface area contributed by atoms with Crippen molar-refractivity contribution in [2.75, 3.05) is 33.9 Å². The van der Waals surface area contributed by atoms with Crippen LogP contribution in [0.4, 0.5) is 0 Å². The van der Waals surface area contributed by atoms with Crippen LogP contribution in [0.1, 0.15) is 18.4 Å². The summed E-state index contributed by atoms with van der Waals surface area (Å²) < 4.78 is 5.16. The number of carbonyl (C=O) groups excluding carboxylic acids is 2. The Morgan fingerprint density at radius 2 is 1.92 bits per heavy atom. The molecule has 6 nitrogen and oxygen atoms in total. The number of aliphatic hydroxyl groups excluding tert-OH is 1. The Balaban J connectivity index is 2.03. The van der Waals surface area contributed by atoms with E-state index < -0.39 is 0 Å². The molecule has 2 amide bonds. The zero-order chi connectivity index (χ0) is 17.3. The average molecular weight is 330 g/mol. The van der Waals surface area contributed by atoms with Gasteiger partial charge < -0.3 is 14.7 Å². The third-order valence-electron chi connectivity index (χ3n) is 4.73. The molecule has 2 heterocycles. The number of piperidine rings is 1. The predicted molar refractivity (Wildman–Crippen MR) is 89.1 cm³/mol. The largest absolute Gasteiger partial charge is 0.497 e. The van der Waals surface area contributed by atoms with Crippen LogP contribution in [0, 0.1) is 5.92 Å². The molecule has 1 fully saturated rings. The van der Waals surface area contributed by atoms with Crippen molar-refractivity contribution < 1.29 is 19.4 Å². The van der Waals surface area contributed by atoms with Gasteiger partial charge in [0.25, 0.3) is 11.8 Å². The number of hydrogen-bond acceptors (Lipinski definition) is 5. The van der Waals surface area contributed by atoms with Crippen molar-refractivity contribution in [1.29, 1.82) is 0 Å². The summed E-state index contributed by atoms with van der Waals surface area (Å²) >= 11 is 0. The lowest BCUT2D eigenvalue weighted by Crippen LogP contribution is -2.39. The van der Waals surface area contributed by atoms with Crippen LogP contribution in [0.5, 0.6) is 5.75 Å². The van der Waals surface area contributed by atoms with E-state index in [1.807, 2.05) is 4.90 Å². The zero-order valence-electron chi connectivity index (χ0n) is 14.0. The van der Waals surface area contributed by atoms with Gasteiger partial charge in [0.05, 0.1) is 12.7 Å². The third-order valence-corrected chi connectivity index (χ3v) is 4.73. The highest BCUT2D eigenvalue weighted by Gasteiger charge is 2.40. The molecule has 1 N–H and O–H groups in total. The third kappa shape index (κ3) is 2.78. The zero-order valence-corrected chi connectivity index (χ0v) is 14.0. The van der Waals surface area contributed by atoms with Gasteiger partial charge >= 0.3 is 0 Å². The Labute approximate surface area is 141 Å². The summed E-state index contributed by atoms with van der Waals surface area (Å²) in [5.41, 5.74) is 1.59. The second kappa shape index (κ2) is 6.65. The lowest BCUT2D eigenvalue weighted by atomic mass is 9.97. The summed E-state index contributed by atoms with van der Waals surface area (Å²) in [7, 11) is 3.09. The number of hydrogen-bond donors (Lipinski definition) is 1. The minimum Gasteiger partial charge on any atom is -0.497 e. The van der Waals surface area contributed by atoms with Crippen LogP contribution in [-0.2, 0) is 9.59 Å². The maximum Gasteiger partial charge on any atom is 0.277 e. The van der Waals surface area contributed by atoms with Crippen molar-refractivity contribution in [3.63, 3.8) is 0 Å². The fourth-order valence-corrected chi connectivity index (χ4v) is 3.36. The molecule has 2 aliphatic rings. The van der Waals surface area contributed by atoms with E-state index in [9.17, 15) is 14.7 Å². The number of aliphatic hydroxyl groups is 1. The SMILES string of the molecule is COc1ccc(C2=C(N3CCCC(CO)C3)C(=O)N(C)C2=O)cc1. The van der Waals surface area contributed by atoms with Crippen LogP contribution >= 0.6 is 0 Å². The number of rotatable bonds is 4. The quantitative estimate of drug-likeness (QED) is 0.838. The van der Waals surface area contributed by atoms with Gasteiger partial charge in [0.1, 0.15) is 11.4 Å². The number of imide groups is 1. The smallest absolute Gasteiger partial charge is 0.277 e. The van der Waals surface area contributed by atoms with Crippen molar-refractivity contribution >= 4 is 17.4 Å². The Kier molecular flexibility index (Phi) is 4.57. The number of likely N-dealkylation sites (N-methyl/N-ethyl adjacent to an activating group) is 1. The van der Waals surface area contributed by atoms with E-state index in [0.29, 0.717) is 29.1 Å². The summed E-state index contributed by atoms with van der Waals surface area (Å²) in [4.78, 5) is 28.4. The van der Waals surface area contributed by atoms with Crippen molar-refractivity contribution in [3.05, 3.63) is 35.5 Å². The van der Waals surface area contributed by atoms with E-state index in [1.165, 1.54) is 7.05 Å². The molecule has 0 radical (unpaired) electrons. The minimum atomic E-state index is -0.286. The molecule has 1 atom stereocenters. The van der Waals surface area contributed by atoms with Gasteiger partial charge in [-0.25, -0.2) is 0 Å². The van der Waals surface area contributed by atoms with Crippen molar-refractivity contribution in [1.82, 2.24) is 9.80 Å². The van der Waals surface area contributed by atoms with Gasteiger partial charge in [-0.2, -0.15) is 0 Å². The van der Waals surface area contributed by atoms with Gasteiger partial charge in [0.2, 0.25) is 0 Å². The fraction of sp³-hybridized carbons (Fsp3) is 0.444. The maximum atomic E-state index is 12.6.